The molecule has 1 amide bonds. The molecule has 0 saturated heterocycles. The van der Waals surface area contributed by atoms with Gasteiger partial charge in [-0.3, -0.25) is 4.79 Å². The third kappa shape index (κ3) is 2.83. The minimum atomic E-state index is -0.266. The summed E-state index contributed by atoms with van der Waals surface area (Å²) in [5, 5.41) is 5.03. The number of amides is 1. The maximum Gasteiger partial charge on any atom is 0.251 e. The smallest absolute Gasteiger partial charge is 0.251 e. The second-order valence-corrected chi connectivity index (χ2v) is 5.97. The van der Waals surface area contributed by atoms with Gasteiger partial charge in [-0.1, -0.05) is 30.3 Å². The number of hydrogen-bond acceptors (Lipinski definition) is 2. The number of ether oxygens (including phenoxy) is 1. The third-order valence-electron chi connectivity index (χ3n) is 4.27. The highest BCUT2D eigenvalue weighted by Crippen LogP contribution is 2.29. The predicted octanol–water partition coefficient (Wildman–Crippen LogP) is 3.71. The van der Waals surface area contributed by atoms with Crippen molar-refractivity contribution in [2.45, 2.75) is 12.5 Å². The van der Waals surface area contributed by atoms with Crippen LogP contribution in [0.2, 0.25) is 0 Å². The van der Waals surface area contributed by atoms with Crippen LogP contribution in [0.4, 0.5) is 4.39 Å². The van der Waals surface area contributed by atoms with Crippen molar-refractivity contribution < 1.29 is 13.9 Å². The molecule has 24 heavy (non-hydrogen) atoms. The zero-order chi connectivity index (χ0) is 16.5. The second-order valence-electron chi connectivity index (χ2n) is 5.97. The van der Waals surface area contributed by atoms with E-state index in [9.17, 15) is 9.18 Å². The Kier molecular flexibility index (Phi) is 3.65. The maximum atomic E-state index is 13.2. The molecule has 120 valence electrons. The van der Waals surface area contributed by atoms with Crippen LogP contribution in [0.25, 0.3) is 10.8 Å². The number of hydrogen-bond donors (Lipinski definition) is 1. The van der Waals surface area contributed by atoms with Crippen LogP contribution in [-0.4, -0.2) is 18.6 Å². The van der Waals surface area contributed by atoms with Crippen molar-refractivity contribution in [2.24, 2.45) is 0 Å². The maximum absolute atomic E-state index is 13.2. The number of rotatable bonds is 3. The van der Waals surface area contributed by atoms with Gasteiger partial charge in [0, 0.05) is 17.5 Å². The molecule has 3 aromatic rings. The highest BCUT2D eigenvalue weighted by Gasteiger charge is 2.23. The van der Waals surface area contributed by atoms with Crippen molar-refractivity contribution in [2.75, 3.05) is 6.54 Å². The second kappa shape index (κ2) is 5.96. The number of carbonyl (C=O) groups is 1. The van der Waals surface area contributed by atoms with Crippen molar-refractivity contribution in [1.82, 2.24) is 5.32 Å². The topological polar surface area (TPSA) is 38.3 Å². The lowest BCUT2D eigenvalue weighted by Gasteiger charge is -2.12. The lowest BCUT2D eigenvalue weighted by Crippen LogP contribution is -2.34. The van der Waals surface area contributed by atoms with Crippen LogP contribution in [0.1, 0.15) is 15.9 Å². The van der Waals surface area contributed by atoms with Crippen LogP contribution in [0.5, 0.6) is 5.75 Å². The molecule has 0 unspecified atom stereocenters. The van der Waals surface area contributed by atoms with Gasteiger partial charge in [0.2, 0.25) is 0 Å². The van der Waals surface area contributed by atoms with E-state index in [0.29, 0.717) is 24.3 Å². The van der Waals surface area contributed by atoms with Gasteiger partial charge in [0.25, 0.3) is 5.91 Å². The van der Waals surface area contributed by atoms with E-state index in [0.717, 1.165) is 16.3 Å². The fourth-order valence-electron chi connectivity index (χ4n) is 3.04. The zero-order valence-corrected chi connectivity index (χ0v) is 13.0. The molecule has 0 aromatic heterocycles. The molecule has 0 saturated carbocycles. The Balaban J connectivity index is 1.41. The molecule has 0 spiro atoms. The zero-order valence-electron chi connectivity index (χ0n) is 13.0. The molecule has 0 fully saturated rings. The summed E-state index contributed by atoms with van der Waals surface area (Å²) in [5.74, 6) is 0.297. The summed E-state index contributed by atoms with van der Waals surface area (Å²) in [7, 11) is 0. The first-order chi connectivity index (χ1) is 11.7. The number of nitrogens with one attached hydrogen (secondary N) is 1. The van der Waals surface area contributed by atoms with Gasteiger partial charge in [0.1, 0.15) is 17.7 Å². The average molecular weight is 321 g/mol. The first-order valence-electron chi connectivity index (χ1n) is 7.91. The molecule has 0 aliphatic carbocycles. The van der Waals surface area contributed by atoms with Crippen molar-refractivity contribution in [1.29, 1.82) is 0 Å². The predicted molar refractivity (Wildman–Crippen MR) is 90.8 cm³/mol. The van der Waals surface area contributed by atoms with Gasteiger partial charge in [-0.15, -0.1) is 0 Å². The minimum absolute atomic E-state index is 0.133. The number of benzene rings is 3. The van der Waals surface area contributed by atoms with Crippen LogP contribution in [0.15, 0.2) is 60.7 Å². The Labute approximate surface area is 139 Å². The Bertz CT molecular complexity index is 922. The molecule has 1 atom stereocenters. The van der Waals surface area contributed by atoms with Gasteiger partial charge in [-0.2, -0.15) is 0 Å². The van der Waals surface area contributed by atoms with Gasteiger partial charge in [-0.05, 0) is 41.1 Å². The molecule has 0 bridgehead atoms. The summed E-state index contributed by atoms with van der Waals surface area (Å²) in [6, 6.07) is 18.1. The van der Waals surface area contributed by atoms with E-state index in [1.54, 1.807) is 6.07 Å². The molecule has 4 heteroatoms. The standard InChI is InChI=1S/C20H16FNO2/c21-17-7-8-19-16(10-17)11-18(24-19)12-22-20(23)15-6-5-13-3-1-2-4-14(13)9-15/h1-10,18H,11-12H2,(H,22,23)/t18-/m0/s1. The molecule has 0 radical (unpaired) electrons. The Morgan fingerprint density at radius 1 is 1.08 bits per heavy atom. The van der Waals surface area contributed by atoms with Gasteiger partial charge >= 0.3 is 0 Å². The van der Waals surface area contributed by atoms with E-state index < -0.39 is 0 Å². The van der Waals surface area contributed by atoms with Crippen LogP contribution in [0.3, 0.4) is 0 Å². The highest BCUT2D eigenvalue weighted by molar-refractivity contribution is 5.98. The summed E-state index contributed by atoms with van der Waals surface area (Å²) in [6.45, 7) is 0.391. The van der Waals surface area contributed by atoms with E-state index in [-0.39, 0.29) is 17.8 Å². The Morgan fingerprint density at radius 2 is 1.92 bits per heavy atom. The molecular formula is C20H16FNO2. The van der Waals surface area contributed by atoms with E-state index in [4.69, 9.17) is 4.74 Å². The van der Waals surface area contributed by atoms with Crippen LogP contribution >= 0.6 is 0 Å². The molecule has 1 aliphatic heterocycles. The molecule has 1 N–H and O–H groups in total. The monoisotopic (exact) mass is 321 g/mol. The molecule has 1 aliphatic rings. The number of carbonyl (C=O) groups excluding carboxylic acids is 1. The van der Waals surface area contributed by atoms with Crippen LogP contribution in [0, 0.1) is 5.82 Å². The summed E-state index contributed by atoms with van der Waals surface area (Å²) in [6.07, 6.45) is 0.441. The average Bonchev–Trinajstić information content (AvgIpc) is 3.01. The van der Waals surface area contributed by atoms with Crippen molar-refractivity contribution in [3.63, 3.8) is 0 Å². The lowest BCUT2D eigenvalue weighted by molar-refractivity contribution is 0.0933. The van der Waals surface area contributed by atoms with E-state index in [1.807, 2.05) is 42.5 Å². The van der Waals surface area contributed by atoms with E-state index in [2.05, 4.69) is 5.32 Å². The van der Waals surface area contributed by atoms with Gasteiger partial charge in [0.15, 0.2) is 0 Å². The van der Waals surface area contributed by atoms with Crippen molar-refractivity contribution in [3.8, 4) is 5.75 Å². The minimum Gasteiger partial charge on any atom is -0.488 e. The third-order valence-corrected chi connectivity index (χ3v) is 4.27. The summed E-state index contributed by atoms with van der Waals surface area (Å²) < 4.78 is 19.0. The van der Waals surface area contributed by atoms with Gasteiger partial charge in [0.05, 0.1) is 6.54 Å². The van der Waals surface area contributed by atoms with Crippen LogP contribution < -0.4 is 10.1 Å². The number of halogens is 1. The fraction of sp³-hybridized carbons (Fsp3) is 0.150. The first kappa shape index (κ1) is 14.7. The Hall–Kier alpha value is -2.88. The summed E-state index contributed by atoms with van der Waals surface area (Å²) >= 11 is 0. The Morgan fingerprint density at radius 3 is 2.79 bits per heavy atom. The summed E-state index contributed by atoms with van der Waals surface area (Å²) in [5.41, 5.74) is 1.47. The van der Waals surface area contributed by atoms with E-state index >= 15 is 0 Å². The van der Waals surface area contributed by atoms with Gasteiger partial charge < -0.3 is 10.1 Å². The first-order valence-corrected chi connectivity index (χ1v) is 7.91. The molecular weight excluding hydrogens is 305 g/mol. The normalized spacial score (nSPS) is 15.8. The molecule has 3 aromatic carbocycles. The largest absolute Gasteiger partial charge is 0.488 e. The summed E-state index contributed by atoms with van der Waals surface area (Å²) in [4.78, 5) is 12.3. The number of fused-ring (bicyclic) bond motifs is 2. The molecule has 4 rings (SSSR count). The SMILES string of the molecule is O=C(NC[C@@H]1Cc2cc(F)ccc2O1)c1ccc2ccccc2c1. The van der Waals surface area contributed by atoms with E-state index in [1.165, 1.54) is 12.1 Å². The lowest BCUT2D eigenvalue weighted by atomic mass is 10.1. The van der Waals surface area contributed by atoms with Crippen molar-refractivity contribution in [3.05, 3.63) is 77.6 Å². The fourth-order valence-corrected chi connectivity index (χ4v) is 3.04. The van der Waals surface area contributed by atoms with Gasteiger partial charge in [-0.25, -0.2) is 4.39 Å². The van der Waals surface area contributed by atoms with Crippen LogP contribution in [-0.2, 0) is 6.42 Å². The highest BCUT2D eigenvalue weighted by atomic mass is 19.1. The molecule has 1 heterocycles. The quantitative estimate of drug-likeness (QED) is 0.798. The van der Waals surface area contributed by atoms with Crippen molar-refractivity contribution >= 4 is 16.7 Å². The molecule has 3 nitrogen and oxygen atoms in total.